The van der Waals surface area contributed by atoms with Crippen molar-refractivity contribution in [1.29, 1.82) is 0 Å². The highest BCUT2D eigenvalue weighted by Gasteiger charge is 2.60. The van der Waals surface area contributed by atoms with E-state index in [0.717, 1.165) is 11.1 Å². The Morgan fingerprint density at radius 1 is 1.10 bits per heavy atom. The van der Waals surface area contributed by atoms with Gasteiger partial charge >= 0.3 is 5.97 Å². The second kappa shape index (κ2) is 7.09. The van der Waals surface area contributed by atoms with Crippen LogP contribution in [0.4, 0.5) is 5.69 Å². The van der Waals surface area contributed by atoms with Crippen LogP contribution in [0.2, 0.25) is 0 Å². The first-order valence-electron chi connectivity index (χ1n) is 9.75. The number of hydrogen-bond acceptors (Lipinski definition) is 5. The fourth-order valence-electron chi connectivity index (χ4n) is 4.25. The van der Waals surface area contributed by atoms with Crippen molar-refractivity contribution in [2.24, 2.45) is 0 Å². The van der Waals surface area contributed by atoms with E-state index in [1.807, 2.05) is 26.0 Å². The van der Waals surface area contributed by atoms with Crippen molar-refractivity contribution in [3.8, 4) is 0 Å². The number of carbonyl (C=O) groups excluding carboxylic acids is 4. The van der Waals surface area contributed by atoms with Gasteiger partial charge in [0.15, 0.2) is 6.61 Å². The molecule has 0 aliphatic carbocycles. The van der Waals surface area contributed by atoms with E-state index in [0.29, 0.717) is 16.8 Å². The third-order valence-corrected chi connectivity index (χ3v) is 5.90. The second-order valence-electron chi connectivity index (χ2n) is 7.74. The SMILES string of the molecule is Cc1ccc(C)c(C(=O)COC(=O)C23CCC(=O)N2c2ccccc2C(=O)N3C)c1. The number of anilines is 1. The van der Waals surface area contributed by atoms with Crippen LogP contribution in [-0.2, 0) is 14.3 Å². The van der Waals surface area contributed by atoms with Gasteiger partial charge in [0.25, 0.3) is 5.91 Å². The van der Waals surface area contributed by atoms with E-state index in [-0.39, 0.29) is 30.4 Å². The van der Waals surface area contributed by atoms with Crippen LogP contribution in [0.15, 0.2) is 42.5 Å². The van der Waals surface area contributed by atoms with E-state index in [4.69, 9.17) is 4.74 Å². The quantitative estimate of drug-likeness (QED) is 0.576. The van der Waals surface area contributed by atoms with Gasteiger partial charge in [0, 0.05) is 25.5 Å². The molecule has 30 heavy (non-hydrogen) atoms. The molecule has 1 fully saturated rings. The monoisotopic (exact) mass is 406 g/mol. The predicted molar refractivity (Wildman–Crippen MR) is 109 cm³/mol. The van der Waals surface area contributed by atoms with Crippen molar-refractivity contribution in [3.63, 3.8) is 0 Å². The molecule has 0 radical (unpaired) electrons. The Hall–Kier alpha value is -3.48. The molecule has 1 atom stereocenters. The highest BCUT2D eigenvalue weighted by Crippen LogP contribution is 2.44. The number of esters is 1. The molecule has 0 aromatic heterocycles. The standard InChI is InChI=1S/C23H22N2O5/c1-14-8-9-15(2)17(12-14)19(26)13-30-22(29)23-11-10-20(27)25(23)18-7-5-4-6-16(18)21(28)24(23)3/h4-9,12H,10-11,13H2,1-3H3. The number of carbonyl (C=O) groups is 4. The Labute approximate surface area is 174 Å². The lowest BCUT2D eigenvalue weighted by Crippen LogP contribution is -2.67. The van der Waals surface area contributed by atoms with E-state index in [9.17, 15) is 19.2 Å². The van der Waals surface area contributed by atoms with Crippen molar-refractivity contribution in [3.05, 3.63) is 64.7 Å². The van der Waals surface area contributed by atoms with Gasteiger partial charge in [-0.05, 0) is 37.6 Å². The molecule has 7 heteroatoms. The van der Waals surface area contributed by atoms with Crippen LogP contribution in [0.3, 0.4) is 0 Å². The van der Waals surface area contributed by atoms with Gasteiger partial charge in [0.1, 0.15) is 0 Å². The number of amides is 2. The number of ether oxygens (including phenoxy) is 1. The Balaban J connectivity index is 1.64. The van der Waals surface area contributed by atoms with Crippen LogP contribution in [0, 0.1) is 13.8 Å². The van der Waals surface area contributed by atoms with Gasteiger partial charge in [-0.3, -0.25) is 19.3 Å². The lowest BCUT2D eigenvalue weighted by atomic mass is 9.97. The van der Waals surface area contributed by atoms with Gasteiger partial charge in [-0.15, -0.1) is 0 Å². The van der Waals surface area contributed by atoms with Crippen molar-refractivity contribution < 1.29 is 23.9 Å². The summed E-state index contributed by atoms with van der Waals surface area (Å²) in [6, 6.07) is 12.2. The number of benzene rings is 2. The van der Waals surface area contributed by atoms with E-state index in [2.05, 4.69) is 0 Å². The van der Waals surface area contributed by atoms with Gasteiger partial charge in [0.2, 0.25) is 17.4 Å². The first-order valence-corrected chi connectivity index (χ1v) is 9.75. The number of ketones is 1. The zero-order valence-corrected chi connectivity index (χ0v) is 17.1. The molecule has 2 aromatic rings. The minimum absolute atomic E-state index is 0.103. The molecule has 0 saturated carbocycles. The molecule has 2 aliphatic heterocycles. The second-order valence-corrected chi connectivity index (χ2v) is 7.74. The Morgan fingerprint density at radius 3 is 2.60 bits per heavy atom. The van der Waals surface area contributed by atoms with Crippen molar-refractivity contribution in [1.82, 2.24) is 4.90 Å². The minimum Gasteiger partial charge on any atom is -0.454 e. The van der Waals surface area contributed by atoms with Crippen LogP contribution in [0.25, 0.3) is 0 Å². The molecule has 2 aliphatic rings. The maximum Gasteiger partial charge on any atom is 0.354 e. The molecule has 7 nitrogen and oxygen atoms in total. The van der Waals surface area contributed by atoms with Gasteiger partial charge in [-0.25, -0.2) is 4.79 Å². The highest BCUT2D eigenvalue weighted by atomic mass is 16.5. The molecular formula is C23H22N2O5. The summed E-state index contributed by atoms with van der Waals surface area (Å²) < 4.78 is 5.40. The number of hydrogen-bond donors (Lipinski definition) is 0. The van der Waals surface area contributed by atoms with Crippen LogP contribution in [-0.4, -0.2) is 47.8 Å². The summed E-state index contributed by atoms with van der Waals surface area (Å²) in [7, 11) is 1.48. The molecule has 1 saturated heterocycles. The summed E-state index contributed by atoms with van der Waals surface area (Å²) in [5.41, 5.74) is 1.36. The maximum absolute atomic E-state index is 13.2. The molecular weight excluding hydrogens is 384 g/mol. The van der Waals surface area contributed by atoms with Crippen molar-refractivity contribution >= 4 is 29.3 Å². The number of likely N-dealkylation sites (N-methyl/N-ethyl adjacent to an activating group) is 1. The van der Waals surface area contributed by atoms with Gasteiger partial charge < -0.3 is 9.64 Å². The summed E-state index contributed by atoms with van der Waals surface area (Å²) in [5.74, 6) is -1.74. The highest BCUT2D eigenvalue weighted by molar-refractivity contribution is 6.15. The molecule has 1 unspecified atom stereocenters. The third kappa shape index (κ3) is 2.81. The Bertz CT molecular complexity index is 1090. The smallest absolute Gasteiger partial charge is 0.354 e. The number of fused-ring (bicyclic) bond motifs is 3. The maximum atomic E-state index is 13.2. The predicted octanol–water partition coefficient (Wildman–Crippen LogP) is 2.64. The molecule has 4 rings (SSSR count). The van der Waals surface area contributed by atoms with Crippen LogP contribution in [0.1, 0.15) is 44.7 Å². The molecule has 2 heterocycles. The molecule has 154 valence electrons. The van der Waals surface area contributed by atoms with Gasteiger partial charge in [0.05, 0.1) is 11.3 Å². The van der Waals surface area contributed by atoms with E-state index in [1.165, 1.54) is 16.8 Å². The number of para-hydroxylation sites is 1. The van der Waals surface area contributed by atoms with Crippen LogP contribution >= 0.6 is 0 Å². The normalized spacial score (nSPS) is 20.1. The topological polar surface area (TPSA) is 84.0 Å². The lowest BCUT2D eigenvalue weighted by molar-refractivity contribution is -0.155. The van der Waals surface area contributed by atoms with E-state index >= 15 is 0 Å². The van der Waals surface area contributed by atoms with Gasteiger partial charge in [-0.2, -0.15) is 0 Å². The third-order valence-electron chi connectivity index (χ3n) is 5.90. The van der Waals surface area contributed by atoms with E-state index < -0.39 is 18.2 Å². The number of aryl methyl sites for hydroxylation is 2. The average Bonchev–Trinajstić information content (AvgIpc) is 3.10. The van der Waals surface area contributed by atoms with E-state index in [1.54, 1.807) is 30.3 Å². The number of Topliss-reactive ketones (excluding diaryl/α,β-unsaturated/α-hetero) is 1. The summed E-state index contributed by atoms with van der Waals surface area (Å²) in [6.45, 7) is 3.23. The zero-order chi connectivity index (χ0) is 21.6. The molecule has 0 bridgehead atoms. The fourth-order valence-corrected chi connectivity index (χ4v) is 4.25. The summed E-state index contributed by atoms with van der Waals surface area (Å²) in [5, 5.41) is 0. The average molecular weight is 406 g/mol. The molecule has 2 aromatic carbocycles. The molecule has 0 N–H and O–H groups in total. The number of rotatable bonds is 4. The van der Waals surface area contributed by atoms with Gasteiger partial charge in [-0.1, -0.05) is 29.8 Å². The van der Waals surface area contributed by atoms with Crippen molar-refractivity contribution in [2.45, 2.75) is 32.4 Å². The Kier molecular flexibility index (Phi) is 4.68. The number of nitrogens with zero attached hydrogens (tertiary/aromatic N) is 2. The molecule has 2 amide bonds. The summed E-state index contributed by atoms with van der Waals surface area (Å²) in [6.07, 6.45) is 0.213. The van der Waals surface area contributed by atoms with Crippen molar-refractivity contribution in [2.75, 3.05) is 18.6 Å². The Morgan fingerprint density at radius 2 is 1.83 bits per heavy atom. The zero-order valence-electron chi connectivity index (χ0n) is 17.1. The molecule has 0 spiro atoms. The van der Waals surface area contributed by atoms with Crippen LogP contribution < -0.4 is 4.90 Å². The fraction of sp³-hybridized carbons (Fsp3) is 0.304. The van der Waals surface area contributed by atoms with Crippen LogP contribution in [0.5, 0.6) is 0 Å². The largest absolute Gasteiger partial charge is 0.454 e. The first-order chi connectivity index (χ1) is 14.3. The summed E-state index contributed by atoms with van der Waals surface area (Å²) >= 11 is 0. The minimum atomic E-state index is -1.58. The first kappa shape index (κ1) is 19.8. The lowest BCUT2D eigenvalue weighted by Gasteiger charge is -2.46. The summed E-state index contributed by atoms with van der Waals surface area (Å²) in [4.78, 5) is 54.1.